The number of hydrogen-bond donors (Lipinski definition) is 1. The number of halogens is 1. The molecule has 5 heteroatoms. The normalized spacial score (nSPS) is 13.7. The molecule has 0 amide bonds. The summed E-state index contributed by atoms with van der Waals surface area (Å²) in [5.41, 5.74) is 0.308. The molecule has 1 aromatic carbocycles. The molecular formula is C14H19FO4. The molecule has 2 atom stereocenters. The Bertz CT molecular complexity index is 431. The van der Waals surface area contributed by atoms with Crippen LogP contribution in [0.5, 0.6) is 5.75 Å². The molecular weight excluding hydrogens is 251 g/mol. The second-order valence-electron chi connectivity index (χ2n) is 4.12. The molecule has 1 unspecified atom stereocenters. The van der Waals surface area contributed by atoms with E-state index in [0.29, 0.717) is 12.0 Å². The van der Waals surface area contributed by atoms with Crippen molar-refractivity contribution in [3.63, 3.8) is 0 Å². The van der Waals surface area contributed by atoms with Gasteiger partial charge in [0.15, 0.2) is 6.10 Å². The summed E-state index contributed by atoms with van der Waals surface area (Å²) in [7, 11) is 0. The van der Waals surface area contributed by atoms with Gasteiger partial charge >= 0.3 is 5.97 Å². The van der Waals surface area contributed by atoms with Gasteiger partial charge in [0.25, 0.3) is 0 Å². The lowest BCUT2D eigenvalue weighted by molar-refractivity contribution is -0.151. The number of carbonyl (C=O) groups excluding carboxylic acids is 1. The zero-order valence-corrected chi connectivity index (χ0v) is 11.4. The van der Waals surface area contributed by atoms with Gasteiger partial charge in [-0.25, -0.2) is 9.18 Å². The average molecular weight is 270 g/mol. The van der Waals surface area contributed by atoms with E-state index in [1.807, 2.05) is 0 Å². The van der Waals surface area contributed by atoms with Crippen molar-refractivity contribution in [3.05, 3.63) is 29.6 Å². The maximum Gasteiger partial charge on any atom is 0.347 e. The molecule has 0 saturated carbocycles. The van der Waals surface area contributed by atoms with Gasteiger partial charge in [-0.2, -0.15) is 0 Å². The van der Waals surface area contributed by atoms with Gasteiger partial charge in [0.2, 0.25) is 0 Å². The second-order valence-corrected chi connectivity index (χ2v) is 4.12. The van der Waals surface area contributed by atoms with E-state index >= 15 is 0 Å². The van der Waals surface area contributed by atoms with Crippen molar-refractivity contribution in [1.29, 1.82) is 0 Å². The molecule has 0 aliphatic heterocycles. The minimum Gasteiger partial charge on any atom is -0.478 e. The molecule has 1 aromatic rings. The van der Waals surface area contributed by atoms with Crippen molar-refractivity contribution in [2.45, 2.75) is 39.4 Å². The van der Waals surface area contributed by atoms with Crippen LogP contribution in [0.4, 0.5) is 4.39 Å². The summed E-state index contributed by atoms with van der Waals surface area (Å²) < 4.78 is 23.6. The van der Waals surface area contributed by atoms with Gasteiger partial charge in [0, 0.05) is 5.56 Å². The topological polar surface area (TPSA) is 55.8 Å². The molecule has 0 fully saturated rings. The lowest BCUT2D eigenvalue weighted by Gasteiger charge is -2.19. The Balaban J connectivity index is 2.93. The first-order valence-electron chi connectivity index (χ1n) is 6.30. The number of ether oxygens (including phenoxy) is 2. The van der Waals surface area contributed by atoms with Gasteiger partial charge in [0.1, 0.15) is 11.6 Å². The number of carbonyl (C=O) groups is 1. The molecule has 0 aliphatic rings. The summed E-state index contributed by atoms with van der Waals surface area (Å²) in [5, 5.41) is 9.59. The van der Waals surface area contributed by atoms with E-state index < -0.39 is 24.0 Å². The van der Waals surface area contributed by atoms with Crippen LogP contribution in [0.15, 0.2) is 18.2 Å². The maximum atomic E-state index is 13.1. The van der Waals surface area contributed by atoms with E-state index in [1.54, 1.807) is 13.8 Å². The molecule has 1 rings (SSSR count). The highest BCUT2D eigenvalue weighted by molar-refractivity contribution is 5.75. The predicted octanol–water partition coefficient (Wildman–Crippen LogP) is 2.60. The van der Waals surface area contributed by atoms with Crippen LogP contribution < -0.4 is 4.74 Å². The zero-order valence-electron chi connectivity index (χ0n) is 11.4. The Morgan fingerprint density at radius 3 is 2.63 bits per heavy atom. The third kappa shape index (κ3) is 4.21. The molecule has 0 aliphatic carbocycles. The number of hydrogen-bond acceptors (Lipinski definition) is 4. The molecule has 0 bridgehead atoms. The molecule has 0 aromatic heterocycles. The van der Waals surface area contributed by atoms with Crippen LogP contribution in [0.3, 0.4) is 0 Å². The highest BCUT2D eigenvalue weighted by Gasteiger charge is 2.22. The Kier molecular flexibility index (Phi) is 5.76. The first-order chi connectivity index (χ1) is 8.99. The molecule has 0 radical (unpaired) electrons. The zero-order chi connectivity index (χ0) is 14.4. The van der Waals surface area contributed by atoms with Crippen molar-refractivity contribution in [2.75, 3.05) is 6.61 Å². The average Bonchev–Trinajstić information content (AvgIpc) is 2.37. The van der Waals surface area contributed by atoms with Crippen LogP contribution in [0.2, 0.25) is 0 Å². The summed E-state index contributed by atoms with van der Waals surface area (Å²) in [6.07, 6.45) is -1.22. The lowest BCUT2D eigenvalue weighted by atomic mass is 10.1. The minimum absolute atomic E-state index is 0.269. The predicted molar refractivity (Wildman–Crippen MR) is 68.4 cm³/mol. The van der Waals surface area contributed by atoms with Gasteiger partial charge < -0.3 is 14.6 Å². The van der Waals surface area contributed by atoms with Gasteiger partial charge in [0.05, 0.1) is 12.7 Å². The van der Waals surface area contributed by atoms with Crippen LogP contribution in [0, 0.1) is 5.82 Å². The summed E-state index contributed by atoms with van der Waals surface area (Å²) in [6, 6.07) is 3.82. The quantitative estimate of drug-likeness (QED) is 0.807. The van der Waals surface area contributed by atoms with Gasteiger partial charge in [-0.1, -0.05) is 6.92 Å². The third-order valence-corrected chi connectivity index (χ3v) is 2.61. The van der Waals surface area contributed by atoms with Crippen molar-refractivity contribution >= 4 is 5.97 Å². The van der Waals surface area contributed by atoms with E-state index in [2.05, 4.69) is 0 Å². The van der Waals surface area contributed by atoms with Crippen molar-refractivity contribution < 1.29 is 23.8 Å². The van der Waals surface area contributed by atoms with Gasteiger partial charge in [-0.3, -0.25) is 0 Å². The third-order valence-electron chi connectivity index (χ3n) is 2.61. The highest BCUT2D eigenvalue weighted by atomic mass is 19.1. The SMILES string of the molecule is CCOC(=O)C(CC)Oc1ccc(F)cc1[C@H](C)O. The number of rotatable bonds is 6. The van der Waals surface area contributed by atoms with E-state index in [-0.39, 0.29) is 12.4 Å². The summed E-state index contributed by atoms with van der Waals surface area (Å²) >= 11 is 0. The summed E-state index contributed by atoms with van der Waals surface area (Å²) in [6.45, 7) is 5.27. The number of aliphatic hydroxyl groups excluding tert-OH is 1. The first-order valence-corrected chi connectivity index (χ1v) is 6.30. The fourth-order valence-electron chi connectivity index (χ4n) is 1.64. The number of benzene rings is 1. The molecule has 0 heterocycles. The van der Waals surface area contributed by atoms with Crippen LogP contribution in [0.1, 0.15) is 38.9 Å². The van der Waals surface area contributed by atoms with Crippen LogP contribution in [-0.4, -0.2) is 23.8 Å². The fourth-order valence-corrected chi connectivity index (χ4v) is 1.64. The lowest BCUT2D eigenvalue weighted by Crippen LogP contribution is -2.29. The van der Waals surface area contributed by atoms with E-state index in [1.165, 1.54) is 25.1 Å². The smallest absolute Gasteiger partial charge is 0.347 e. The first kappa shape index (κ1) is 15.4. The monoisotopic (exact) mass is 270 g/mol. The fraction of sp³-hybridized carbons (Fsp3) is 0.500. The molecule has 0 saturated heterocycles. The largest absolute Gasteiger partial charge is 0.478 e. The minimum atomic E-state index is -0.884. The van der Waals surface area contributed by atoms with Gasteiger partial charge in [-0.05, 0) is 38.5 Å². The number of esters is 1. The van der Waals surface area contributed by atoms with Crippen molar-refractivity contribution in [2.24, 2.45) is 0 Å². The Morgan fingerprint density at radius 1 is 1.42 bits per heavy atom. The second kappa shape index (κ2) is 7.09. The van der Waals surface area contributed by atoms with Gasteiger partial charge in [-0.15, -0.1) is 0 Å². The van der Waals surface area contributed by atoms with Crippen molar-refractivity contribution in [1.82, 2.24) is 0 Å². The number of aliphatic hydroxyl groups is 1. The van der Waals surface area contributed by atoms with E-state index in [9.17, 15) is 14.3 Å². The summed E-state index contributed by atoms with van der Waals surface area (Å²) in [5.74, 6) is -0.644. The van der Waals surface area contributed by atoms with Crippen LogP contribution in [0.25, 0.3) is 0 Å². The molecule has 4 nitrogen and oxygen atoms in total. The summed E-state index contributed by atoms with van der Waals surface area (Å²) in [4.78, 5) is 11.6. The van der Waals surface area contributed by atoms with Crippen molar-refractivity contribution in [3.8, 4) is 5.75 Å². The van der Waals surface area contributed by atoms with E-state index in [4.69, 9.17) is 9.47 Å². The van der Waals surface area contributed by atoms with E-state index in [0.717, 1.165) is 0 Å². The Hall–Kier alpha value is -1.62. The standard InChI is InChI=1S/C14H19FO4/c1-4-12(14(17)18-5-2)19-13-7-6-10(15)8-11(13)9(3)16/h6-9,12,16H,4-5H2,1-3H3/t9-,12?/m0/s1. The maximum absolute atomic E-state index is 13.1. The molecule has 0 spiro atoms. The Morgan fingerprint density at radius 2 is 2.11 bits per heavy atom. The molecule has 19 heavy (non-hydrogen) atoms. The highest BCUT2D eigenvalue weighted by Crippen LogP contribution is 2.27. The Labute approximate surface area is 112 Å². The molecule has 106 valence electrons. The van der Waals surface area contributed by atoms with Crippen LogP contribution in [-0.2, 0) is 9.53 Å². The van der Waals surface area contributed by atoms with Crippen LogP contribution >= 0.6 is 0 Å². The molecule has 1 N–H and O–H groups in total.